The van der Waals surface area contributed by atoms with Crippen LogP contribution in [0.15, 0.2) is 65.6 Å². The van der Waals surface area contributed by atoms with Crippen molar-refractivity contribution in [2.75, 3.05) is 11.4 Å². The Bertz CT molecular complexity index is 1030. The molecule has 3 aromatic heterocycles. The van der Waals surface area contributed by atoms with Crippen LogP contribution in [0.5, 0.6) is 0 Å². The molecule has 4 heterocycles. The highest BCUT2D eigenvalue weighted by Gasteiger charge is 2.29. The Morgan fingerprint density at radius 1 is 1.00 bits per heavy atom. The van der Waals surface area contributed by atoms with Gasteiger partial charge in [-0.1, -0.05) is 12.1 Å². The van der Waals surface area contributed by atoms with Crippen LogP contribution < -0.4 is 4.90 Å². The van der Waals surface area contributed by atoms with E-state index in [0.29, 0.717) is 6.04 Å². The topological polar surface area (TPSA) is 41.9 Å². The van der Waals surface area contributed by atoms with Gasteiger partial charge in [-0.3, -0.25) is 4.98 Å². The van der Waals surface area contributed by atoms with E-state index >= 15 is 0 Å². The zero-order chi connectivity index (χ0) is 17.3. The minimum atomic E-state index is 0.393. The van der Waals surface area contributed by atoms with Gasteiger partial charge in [0.2, 0.25) is 0 Å². The molecule has 0 radical (unpaired) electrons. The maximum atomic E-state index is 5.00. The standard InChI is InChI=1S/C21H18N4S/c1-2-5-18-17(4-1)21(24-20(23-18)15-7-10-22-11-8-15)25-12-3-6-19(25)16-9-13-26-14-16/h1-2,4-5,7-11,13-14,19H,3,6,12H2. The quantitative estimate of drug-likeness (QED) is 0.511. The number of thiophene rings is 1. The molecule has 128 valence electrons. The van der Waals surface area contributed by atoms with Crippen LogP contribution in [0.2, 0.25) is 0 Å². The lowest BCUT2D eigenvalue weighted by Crippen LogP contribution is -2.24. The largest absolute Gasteiger partial charge is 0.349 e. The van der Waals surface area contributed by atoms with Crippen molar-refractivity contribution in [1.29, 1.82) is 0 Å². The van der Waals surface area contributed by atoms with E-state index in [1.807, 2.05) is 18.2 Å². The molecule has 0 amide bonds. The first kappa shape index (κ1) is 15.5. The van der Waals surface area contributed by atoms with Gasteiger partial charge in [-0.25, -0.2) is 9.97 Å². The van der Waals surface area contributed by atoms with E-state index in [2.05, 4.69) is 44.9 Å². The van der Waals surface area contributed by atoms with Crippen LogP contribution in [0.25, 0.3) is 22.3 Å². The van der Waals surface area contributed by atoms with Crippen LogP contribution in [-0.4, -0.2) is 21.5 Å². The normalized spacial score (nSPS) is 17.1. The van der Waals surface area contributed by atoms with Crippen molar-refractivity contribution in [2.24, 2.45) is 0 Å². The fraction of sp³-hybridized carbons (Fsp3) is 0.190. The van der Waals surface area contributed by atoms with E-state index in [-0.39, 0.29) is 0 Å². The fourth-order valence-electron chi connectivity index (χ4n) is 3.74. The Morgan fingerprint density at radius 2 is 1.88 bits per heavy atom. The number of aromatic nitrogens is 3. The maximum Gasteiger partial charge on any atom is 0.162 e. The van der Waals surface area contributed by atoms with Crippen LogP contribution >= 0.6 is 11.3 Å². The van der Waals surface area contributed by atoms with Crippen LogP contribution in [0.1, 0.15) is 24.4 Å². The van der Waals surface area contributed by atoms with Crippen LogP contribution in [0.4, 0.5) is 5.82 Å². The summed E-state index contributed by atoms with van der Waals surface area (Å²) in [7, 11) is 0. The average Bonchev–Trinajstić information content (AvgIpc) is 3.39. The molecule has 4 nitrogen and oxygen atoms in total. The van der Waals surface area contributed by atoms with Gasteiger partial charge in [0, 0.05) is 29.9 Å². The molecule has 0 aliphatic carbocycles. The summed E-state index contributed by atoms with van der Waals surface area (Å²) in [5, 5.41) is 5.54. The van der Waals surface area contributed by atoms with Gasteiger partial charge in [0.25, 0.3) is 0 Å². The number of rotatable bonds is 3. The summed E-state index contributed by atoms with van der Waals surface area (Å²) in [5.41, 5.74) is 3.37. The highest BCUT2D eigenvalue weighted by molar-refractivity contribution is 7.08. The van der Waals surface area contributed by atoms with Gasteiger partial charge in [-0.15, -0.1) is 0 Å². The lowest BCUT2D eigenvalue weighted by atomic mass is 10.1. The number of anilines is 1. The number of fused-ring (bicyclic) bond motifs is 1. The zero-order valence-electron chi connectivity index (χ0n) is 14.2. The summed E-state index contributed by atoms with van der Waals surface area (Å²) in [5.74, 6) is 1.80. The molecule has 5 rings (SSSR count). The predicted octanol–water partition coefficient (Wildman–Crippen LogP) is 5.09. The minimum absolute atomic E-state index is 0.393. The highest BCUT2D eigenvalue weighted by Crippen LogP contribution is 2.39. The van der Waals surface area contributed by atoms with Gasteiger partial charge in [0.05, 0.1) is 11.6 Å². The molecule has 0 saturated carbocycles. The Kier molecular flexibility index (Phi) is 3.87. The molecule has 0 N–H and O–H groups in total. The summed E-state index contributed by atoms with van der Waals surface area (Å²) >= 11 is 1.76. The number of hydrogen-bond acceptors (Lipinski definition) is 5. The first-order valence-electron chi connectivity index (χ1n) is 8.86. The molecule has 0 bridgehead atoms. The van der Waals surface area contributed by atoms with Crippen molar-refractivity contribution in [3.63, 3.8) is 0 Å². The molecular weight excluding hydrogens is 340 g/mol. The number of benzene rings is 1. The van der Waals surface area contributed by atoms with Crippen LogP contribution in [0.3, 0.4) is 0 Å². The molecule has 4 aromatic rings. The molecular formula is C21H18N4S. The van der Waals surface area contributed by atoms with Crippen molar-refractivity contribution in [1.82, 2.24) is 15.0 Å². The predicted molar refractivity (Wildman–Crippen MR) is 106 cm³/mol. The third-order valence-corrected chi connectivity index (χ3v) is 5.68. The van der Waals surface area contributed by atoms with Crippen molar-refractivity contribution >= 4 is 28.1 Å². The smallest absolute Gasteiger partial charge is 0.162 e. The first-order valence-corrected chi connectivity index (χ1v) is 9.80. The van der Waals surface area contributed by atoms with Crippen molar-refractivity contribution in [3.05, 3.63) is 71.2 Å². The SMILES string of the molecule is c1ccc2c(N3CCCC3c3ccsc3)nc(-c3ccncc3)nc2c1. The van der Waals surface area contributed by atoms with E-state index in [9.17, 15) is 0 Å². The monoisotopic (exact) mass is 358 g/mol. The van der Waals surface area contributed by atoms with Gasteiger partial charge < -0.3 is 4.90 Å². The van der Waals surface area contributed by atoms with Crippen molar-refractivity contribution < 1.29 is 0 Å². The first-order chi connectivity index (χ1) is 12.9. The molecule has 1 unspecified atom stereocenters. The second-order valence-electron chi connectivity index (χ2n) is 6.53. The molecule has 1 fully saturated rings. The molecule has 1 atom stereocenters. The lowest BCUT2D eigenvalue weighted by molar-refractivity contribution is 0.716. The summed E-state index contributed by atoms with van der Waals surface area (Å²) < 4.78 is 0. The Balaban J connectivity index is 1.69. The fourth-order valence-corrected chi connectivity index (χ4v) is 4.45. The van der Waals surface area contributed by atoms with E-state index in [1.54, 1.807) is 23.7 Å². The third kappa shape index (κ3) is 2.65. The van der Waals surface area contributed by atoms with E-state index in [4.69, 9.17) is 9.97 Å². The number of para-hydroxylation sites is 1. The highest BCUT2D eigenvalue weighted by atomic mass is 32.1. The van der Waals surface area contributed by atoms with Gasteiger partial charge in [0.15, 0.2) is 5.82 Å². The van der Waals surface area contributed by atoms with Crippen LogP contribution in [0, 0.1) is 0 Å². The summed E-state index contributed by atoms with van der Waals surface area (Å²) in [6, 6.07) is 14.9. The van der Waals surface area contributed by atoms with Crippen molar-refractivity contribution in [3.8, 4) is 11.4 Å². The molecule has 1 aliphatic heterocycles. The number of hydrogen-bond donors (Lipinski definition) is 0. The number of pyridine rings is 1. The molecule has 1 saturated heterocycles. The van der Waals surface area contributed by atoms with E-state index in [0.717, 1.165) is 34.7 Å². The number of nitrogens with zero attached hydrogens (tertiary/aromatic N) is 4. The lowest BCUT2D eigenvalue weighted by Gasteiger charge is -2.27. The van der Waals surface area contributed by atoms with E-state index < -0.39 is 0 Å². The van der Waals surface area contributed by atoms with E-state index in [1.165, 1.54) is 18.4 Å². The van der Waals surface area contributed by atoms with Gasteiger partial charge in [0.1, 0.15) is 5.82 Å². The Hall–Kier alpha value is -2.79. The Morgan fingerprint density at radius 3 is 2.73 bits per heavy atom. The molecule has 1 aliphatic rings. The minimum Gasteiger partial charge on any atom is -0.349 e. The molecule has 5 heteroatoms. The Labute approximate surface area is 156 Å². The van der Waals surface area contributed by atoms with Crippen molar-refractivity contribution in [2.45, 2.75) is 18.9 Å². The van der Waals surface area contributed by atoms with Gasteiger partial charge in [-0.2, -0.15) is 11.3 Å². The van der Waals surface area contributed by atoms with Gasteiger partial charge in [-0.05, 0) is 59.5 Å². The molecule has 0 spiro atoms. The summed E-state index contributed by atoms with van der Waals surface area (Å²) in [4.78, 5) is 16.4. The maximum absolute atomic E-state index is 5.00. The second-order valence-corrected chi connectivity index (χ2v) is 7.31. The summed E-state index contributed by atoms with van der Waals surface area (Å²) in [6.07, 6.45) is 5.93. The van der Waals surface area contributed by atoms with Crippen LogP contribution in [-0.2, 0) is 0 Å². The average molecular weight is 358 g/mol. The van der Waals surface area contributed by atoms with Gasteiger partial charge >= 0.3 is 0 Å². The summed E-state index contributed by atoms with van der Waals surface area (Å²) in [6.45, 7) is 1.03. The third-order valence-electron chi connectivity index (χ3n) is 4.97. The molecule has 1 aromatic carbocycles. The molecule has 26 heavy (non-hydrogen) atoms. The zero-order valence-corrected chi connectivity index (χ0v) is 15.1. The second kappa shape index (κ2) is 6.50.